The second-order valence-electron chi connectivity index (χ2n) is 4.69. The smallest absolute Gasteiger partial charge is 0.161 e. The number of carbonyl (C=O) groups excluding carboxylic acids is 1. The highest BCUT2D eigenvalue weighted by Gasteiger charge is 2.28. The highest BCUT2D eigenvalue weighted by atomic mass is 16.5. The fourth-order valence-corrected chi connectivity index (χ4v) is 2.18. The zero-order valence-corrected chi connectivity index (χ0v) is 10.4. The first kappa shape index (κ1) is 13.7. The van der Waals surface area contributed by atoms with Crippen molar-refractivity contribution in [3.63, 3.8) is 0 Å². The number of hydrogen-bond acceptors (Lipinski definition) is 3. The summed E-state index contributed by atoms with van der Waals surface area (Å²) < 4.78 is 5.58. The summed E-state index contributed by atoms with van der Waals surface area (Å²) in [6.07, 6.45) is 8.44. The van der Waals surface area contributed by atoms with E-state index in [4.69, 9.17) is 10.5 Å². The second kappa shape index (κ2) is 7.80. The molecule has 1 heterocycles. The molecule has 0 radical (unpaired) electrons. The predicted molar refractivity (Wildman–Crippen MR) is 65.3 cm³/mol. The fraction of sp³-hybridized carbons (Fsp3) is 0.923. The highest BCUT2D eigenvalue weighted by Crippen LogP contribution is 2.21. The van der Waals surface area contributed by atoms with Gasteiger partial charge in [-0.05, 0) is 19.3 Å². The van der Waals surface area contributed by atoms with E-state index in [9.17, 15) is 4.79 Å². The topological polar surface area (TPSA) is 52.3 Å². The van der Waals surface area contributed by atoms with Gasteiger partial charge in [0.15, 0.2) is 5.78 Å². The van der Waals surface area contributed by atoms with Gasteiger partial charge in [0, 0.05) is 13.0 Å². The lowest BCUT2D eigenvalue weighted by Crippen LogP contribution is -2.25. The molecule has 2 N–H and O–H groups in total. The largest absolute Gasteiger partial charge is 0.366 e. The average Bonchev–Trinajstić information content (AvgIpc) is 2.77. The first-order valence-electron chi connectivity index (χ1n) is 6.66. The van der Waals surface area contributed by atoms with E-state index in [0.29, 0.717) is 13.0 Å². The standard InChI is InChI=1S/C13H25NO2/c1-2-3-4-5-6-7-12(15)13-9-8-11(10-14)16-13/h11,13H,2-10,14H2,1H3. The Labute approximate surface area is 98.7 Å². The van der Waals surface area contributed by atoms with Gasteiger partial charge in [0.2, 0.25) is 0 Å². The van der Waals surface area contributed by atoms with Crippen LogP contribution in [-0.2, 0) is 9.53 Å². The molecule has 0 saturated carbocycles. The predicted octanol–water partition coefficient (Wildman–Crippen LogP) is 2.42. The van der Waals surface area contributed by atoms with Crippen LogP contribution >= 0.6 is 0 Å². The van der Waals surface area contributed by atoms with Crippen LogP contribution < -0.4 is 5.73 Å². The minimum atomic E-state index is -0.153. The maximum absolute atomic E-state index is 11.8. The first-order valence-corrected chi connectivity index (χ1v) is 6.66. The summed E-state index contributed by atoms with van der Waals surface area (Å²) in [7, 11) is 0. The molecule has 1 fully saturated rings. The third-order valence-electron chi connectivity index (χ3n) is 3.26. The summed E-state index contributed by atoms with van der Waals surface area (Å²) in [5, 5.41) is 0. The molecule has 1 saturated heterocycles. The number of carbonyl (C=O) groups is 1. The van der Waals surface area contributed by atoms with Crippen LogP contribution in [0.3, 0.4) is 0 Å². The normalized spacial score (nSPS) is 24.9. The van der Waals surface area contributed by atoms with E-state index in [0.717, 1.165) is 19.3 Å². The summed E-state index contributed by atoms with van der Waals surface area (Å²) in [5.41, 5.74) is 5.51. The van der Waals surface area contributed by atoms with E-state index < -0.39 is 0 Å². The molecule has 2 atom stereocenters. The Bertz CT molecular complexity index is 206. The summed E-state index contributed by atoms with van der Waals surface area (Å²) in [6.45, 7) is 2.74. The molecule has 1 aliphatic rings. The van der Waals surface area contributed by atoms with Gasteiger partial charge in [-0.15, -0.1) is 0 Å². The third-order valence-corrected chi connectivity index (χ3v) is 3.26. The molecule has 0 aliphatic carbocycles. The third kappa shape index (κ3) is 4.62. The zero-order valence-electron chi connectivity index (χ0n) is 10.4. The SMILES string of the molecule is CCCCCCCC(=O)C1CCC(CN)O1. The van der Waals surface area contributed by atoms with Gasteiger partial charge in [0.1, 0.15) is 6.10 Å². The Balaban J connectivity index is 2.06. The molecule has 0 amide bonds. The molecule has 1 aliphatic heterocycles. The van der Waals surface area contributed by atoms with Crippen molar-refractivity contribution in [1.29, 1.82) is 0 Å². The molecule has 3 nitrogen and oxygen atoms in total. The van der Waals surface area contributed by atoms with Crippen molar-refractivity contribution in [2.75, 3.05) is 6.54 Å². The lowest BCUT2D eigenvalue weighted by molar-refractivity contribution is -0.129. The van der Waals surface area contributed by atoms with Crippen LogP contribution in [0.15, 0.2) is 0 Å². The summed E-state index contributed by atoms with van der Waals surface area (Å²) >= 11 is 0. The number of ether oxygens (including phenoxy) is 1. The molecule has 16 heavy (non-hydrogen) atoms. The number of rotatable bonds is 8. The van der Waals surface area contributed by atoms with Gasteiger partial charge in [-0.2, -0.15) is 0 Å². The van der Waals surface area contributed by atoms with Crippen LogP contribution in [0, 0.1) is 0 Å². The average molecular weight is 227 g/mol. The van der Waals surface area contributed by atoms with Crippen LogP contribution in [0.1, 0.15) is 58.3 Å². The highest BCUT2D eigenvalue weighted by molar-refractivity contribution is 5.83. The zero-order chi connectivity index (χ0) is 11.8. The van der Waals surface area contributed by atoms with Crippen molar-refractivity contribution in [2.45, 2.75) is 70.5 Å². The van der Waals surface area contributed by atoms with Crippen LogP contribution in [-0.4, -0.2) is 24.5 Å². The second-order valence-corrected chi connectivity index (χ2v) is 4.69. The minimum Gasteiger partial charge on any atom is -0.366 e. The van der Waals surface area contributed by atoms with Crippen molar-refractivity contribution in [3.8, 4) is 0 Å². The monoisotopic (exact) mass is 227 g/mol. The number of unbranched alkanes of at least 4 members (excludes halogenated alkanes) is 4. The lowest BCUT2D eigenvalue weighted by atomic mass is 10.0. The van der Waals surface area contributed by atoms with Crippen molar-refractivity contribution < 1.29 is 9.53 Å². The number of hydrogen-bond donors (Lipinski definition) is 1. The van der Waals surface area contributed by atoms with Gasteiger partial charge in [0.25, 0.3) is 0 Å². The maximum Gasteiger partial charge on any atom is 0.161 e. The molecule has 0 aromatic carbocycles. The minimum absolute atomic E-state index is 0.119. The van der Waals surface area contributed by atoms with Crippen molar-refractivity contribution in [3.05, 3.63) is 0 Å². The van der Waals surface area contributed by atoms with Crippen LogP contribution in [0.4, 0.5) is 0 Å². The van der Waals surface area contributed by atoms with Gasteiger partial charge in [-0.3, -0.25) is 4.79 Å². The van der Waals surface area contributed by atoms with Gasteiger partial charge < -0.3 is 10.5 Å². The quantitative estimate of drug-likeness (QED) is 0.648. The molecule has 1 rings (SSSR count). The van der Waals surface area contributed by atoms with E-state index in [2.05, 4.69) is 6.92 Å². The van der Waals surface area contributed by atoms with Crippen LogP contribution in [0.25, 0.3) is 0 Å². The molecule has 0 aromatic heterocycles. The van der Waals surface area contributed by atoms with E-state index >= 15 is 0 Å². The summed E-state index contributed by atoms with van der Waals surface area (Å²) in [4.78, 5) is 11.8. The van der Waals surface area contributed by atoms with Crippen molar-refractivity contribution in [1.82, 2.24) is 0 Å². The summed E-state index contributed by atoms with van der Waals surface area (Å²) in [5.74, 6) is 0.285. The van der Waals surface area contributed by atoms with Crippen molar-refractivity contribution in [2.24, 2.45) is 5.73 Å². The molecule has 0 aromatic rings. The maximum atomic E-state index is 11.8. The summed E-state index contributed by atoms with van der Waals surface area (Å²) in [6, 6.07) is 0. The van der Waals surface area contributed by atoms with Gasteiger partial charge in [-0.25, -0.2) is 0 Å². The van der Waals surface area contributed by atoms with E-state index in [-0.39, 0.29) is 18.0 Å². The Hall–Kier alpha value is -0.410. The Morgan fingerprint density at radius 1 is 1.25 bits per heavy atom. The Kier molecular flexibility index (Phi) is 6.65. The lowest BCUT2D eigenvalue weighted by Gasteiger charge is -2.11. The van der Waals surface area contributed by atoms with Gasteiger partial charge in [-0.1, -0.05) is 32.6 Å². The molecule has 3 heteroatoms. The van der Waals surface area contributed by atoms with Gasteiger partial charge >= 0.3 is 0 Å². The van der Waals surface area contributed by atoms with E-state index in [1.807, 2.05) is 0 Å². The molecule has 94 valence electrons. The first-order chi connectivity index (χ1) is 7.77. The molecule has 0 bridgehead atoms. The molecule has 2 unspecified atom stereocenters. The Morgan fingerprint density at radius 3 is 2.62 bits per heavy atom. The molecular formula is C13H25NO2. The van der Waals surface area contributed by atoms with Crippen molar-refractivity contribution >= 4 is 5.78 Å². The van der Waals surface area contributed by atoms with Gasteiger partial charge in [0.05, 0.1) is 6.10 Å². The molecular weight excluding hydrogens is 202 g/mol. The van der Waals surface area contributed by atoms with E-state index in [1.54, 1.807) is 0 Å². The number of nitrogens with two attached hydrogens (primary N) is 1. The van der Waals surface area contributed by atoms with Crippen LogP contribution in [0.5, 0.6) is 0 Å². The van der Waals surface area contributed by atoms with Crippen LogP contribution in [0.2, 0.25) is 0 Å². The molecule has 0 spiro atoms. The van der Waals surface area contributed by atoms with E-state index in [1.165, 1.54) is 25.7 Å². The number of ketones is 1. The Morgan fingerprint density at radius 2 is 2.00 bits per heavy atom. The number of Topliss-reactive ketones (excluding diaryl/α,β-unsaturated/α-hetero) is 1. The fourth-order valence-electron chi connectivity index (χ4n) is 2.18.